The van der Waals surface area contributed by atoms with E-state index in [-0.39, 0.29) is 28.2 Å². The van der Waals surface area contributed by atoms with E-state index in [1.165, 1.54) is 23.1 Å². The highest BCUT2D eigenvalue weighted by Crippen LogP contribution is 2.24. The van der Waals surface area contributed by atoms with Crippen LogP contribution in [0, 0.1) is 0 Å². The van der Waals surface area contributed by atoms with Crippen LogP contribution in [0.3, 0.4) is 0 Å². The van der Waals surface area contributed by atoms with E-state index < -0.39 is 0 Å². The monoisotopic (exact) mass is 272 g/mol. The molecule has 0 radical (unpaired) electrons. The molecule has 0 saturated carbocycles. The Morgan fingerprint density at radius 3 is 2.71 bits per heavy atom. The number of nitrogens with two attached hydrogens (primary N) is 1. The second-order valence-corrected chi connectivity index (χ2v) is 4.38. The van der Waals surface area contributed by atoms with Gasteiger partial charge in [0.1, 0.15) is 5.75 Å². The zero-order valence-corrected chi connectivity index (χ0v) is 10.9. The summed E-state index contributed by atoms with van der Waals surface area (Å²) >= 11 is 10.5. The molecule has 0 heterocycles. The Morgan fingerprint density at radius 1 is 1.59 bits per heavy atom. The smallest absolute Gasteiger partial charge is 0.254 e. The fraction of sp³-hybridized carbons (Fsp3) is 0.273. The molecule has 6 heteroatoms. The largest absolute Gasteiger partial charge is 0.506 e. The number of hydrogen-bond donors (Lipinski definition) is 2. The van der Waals surface area contributed by atoms with Gasteiger partial charge in [-0.05, 0) is 25.1 Å². The van der Waals surface area contributed by atoms with Gasteiger partial charge in [0.05, 0.1) is 16.6 Å². The zero-order valence-electron chi connectivity index (χ0n) is 9.31. The number of phenolic OH excluding ortho intramolecular Hbond substituents is 1. The Balaban J connectivity index is 2.93. The summed E-state index contributed by atoms with van der Waals surface area (Å²) < 4.78 is 0. The minimum Gasteiger partial charge on any atom is -0.506 e. The van der Waals surface area contributed by atoms with Crippen molar-refractivity contribution in [3.05, 3.63) is 28.8 Å². The predicted molar refractivity (Wildman–Crippen MR) is 71.5 cm³/mol. The van der Waals surface area contributed by atoms with E-state index in [4.69, 9.17) is 29.6 Å². The molecule has 92 valence electrons. The average molecular weight is 273 g/mol. The third-order valence-electron chi connectivity index (χ3n) is 2.21. The topological polar surface area (TPSA) is 66.6 Å². The quantitative estimate of drug-likeness (QED) is 0.820. The molecule has 0 fully saturated rings. The molecule has 0 spiro atoms. The maximum atomic E-state index is 12.0. The second-order valence-electron chi connectivity index (χ2n) is 3.45. The summed E-state index contributed by atoms with van der Waals surface area (Å²) in [6.07, 6.45) is 0. The molecule has 0 atom stereocenters. The van der Waals surface area contributed by atoms with Crippen molar-refractivity contribution >= 4 is 34.7 Å². The highest BCUT2D eigenvalue weighted by atomic mass is 35.5. The minimum absolute atomic E-state index is 0.0550. The number of likely N-dealkylation sites (N-methyl/N-ethyl adjacent to an activating group) is 1. The molecule has 0 aliphatic carbocycles. The first-order valence-corrected chi connectivity index (χ1v) is 5.80. The van der Waals surface area contributed by atoms with Crippen LogP contribution in [0.2, 0.25) is 5.02 Å². The van der Waals surface area contributed by atoms with Crippen LogP contribution in [0.1, 0.15) is 17.3 Å². The first-order valence-electron chi connectivity index (χ1n) is 5.01. The van der Waals surface area contributed by atoms with Crippen LogP contribution in [0.25, 0.3) is 0 Å². The second kappa shape index (κ2) is 5.84. The summed E-state index contributed by atoms with van der Waals surface area (Å²) in [4.78, 5) is 13.8. The Hall–Kier alpha value is -1.33. The molecular weight excluding hydrogens is 260 g/mol. The Kier molecular flexibility index (Phi) is 4.72. The van der Waals surface area contributed by atoms with Gasteiger partial charge in [-0.25, -0.2) is 0 Å². The number of phenols is 1. The summed E-state index contributed by atoms with van der Waals surface area (Å²) in [5.74, 6) is -0.275. The van der Waals surface area contributed by atoms with Crippen LogP contribution in [0.15, 0.2) is 18.2 Å². The number of thiocarbonyl (C=S) groups is 1. The Morgan fingerprint density at radius 2 is 2.24 bits per heavy atom. The van der Waals surface area contributed by atoms with Crippen LogP contribution in [-0.4, -0.2) is 34.0 Å². The van der Waals surface area contributed by atoms with Crippen LogP contribution < -0.4 is 5.73 Å². The molecule has 0 aliphatic heterocycles. The van der Waals surface area contributed by atoms with Gasteiger partial charge in [0.15, 0.2) is 0 Å². The molecule has 1 amide bonds. The number of rotatable bonds is 4. The van der Waals surface area contributed by atoms with Crippen molar-refractivity contribution in [2.24, 2.45) is 5.73 Å². The lowest BCUT2D eigenvalue weighted by Crippen LogP contribution is -2.37. The van der Waals surface area contributed by atoms with E-state index in [1.807, 2.05) is 6.92 Å². The van der Waals surface area contributed by atoms with E-state index in [0.717, 1.165) is 0 Å². The standard InChI is InChI=1S/C11H13ClN2O2S/c1-2-14(6-10(13)17)11(16)7-3-4-9(15)8(12)5-7/h3-5,15H,2,6H2,1H3,(H2,13,17). The molecule has 1 rings (SSSR count). The van der Waals surface area contributed by atoms with Crippen molar-refractivity contribution in [3.8, 4) is 5.75 Å². The molecule has 0 unspecified atom stereocenters. The fourth-order valence-corrected chi connectivity index (χ4v) is 1.67. The molecule has 1 aromatic rings. The summed E-state index contributed by atoms with van der Waals surface area (Å²) in [5, 5.41) is 9.41. The van der Waals surface area contributed by atoms with E-state index in [1.54, 1.807) is 0 Å². The molecule has 0 aliphatic rings. The van der Waals surface area contributed by atoms with E-state index in [0.29, 0.717) is 12.1 Å². The number of hydrogen-bond acceptors (Lipinski definition) is 3. The molecule has 0 bridgehead atoms. The number of amides is 1. The maximum absolute atomic E-state index is 12.0. The van der Waals surface area contributed by atoms with Crippen LogP contribution in [0.4, 0.5) is 0 Å². The fourth-order valence-electron chi connectivity index (χ4n) is 1.34. The number of carbonyl (C=O) groups excluding carboxylic acids is 1. The summed E-state index contributed by atoms with van der Waals surface area (Å²) in [7, 11) is 0. The predicted octanol–water partition coefficient (Wildman–Crippen LogP) is 1.79. The van der Waals surface area contributed by atoms with Crippen molar-refractivity contribution < 1.29 is 9.90 Å². The van der Waals surface area contributed by atoms with E-state index in [2.05, 4.69) is 0 Å². The van der Waals surface area contributed by atoms with Crippen LogP contribution in [-0.2, 0) is 0 Å². The summed E-state index contributed by atoms with van der Waals surface area (Å²) in [6, 6.07) is 4.30. The first kappa shape index (κ1) is 13.7. The van der Waals surface area contributed by atoms with Crippen molar-refractivity contribution in [3.63, 3.8) is 0 Å². The highest BCUT2D eigenvalue weighted by molar-refractivity contribution is 7.80. The van der Waals surface area contributed by atoms with Crippen LogP contribution in [0.5, 0.6) is 5.75 Å². The highest BCUT2D eigenvalue weighted by Gasteiger charge is 2.15. The lowest BCUT2D eigenvalue weighted by atomic mass is 10.2. The van der Waals surface area contributed by atoms with Gasteiger partial charge < -0.3 is 15.7 Å². The minimum atomic E-state index is -0.220. The third-order valence-corrected chi connectivity index (χ3v) is 2.64. The van der Waals surface area contributed by atoms with Gasteiger partial charge in [-0.3, -0.25) is 4.79 Å². The molecule has 17 heavy (non-hydrogen) atoms. The SMILES string of the molecule is CCN(CC(N)=S)C(=O)c1ccc(O)c(Cl)c1. The van der Waals surface area contributed by atoms with Crippen molar-refractivity contribution in [1.82, 2.24) is 4.90 Å². The van der Waals surface area contributed by atoms with Crippen molar-refractivity contribution in [2.45, 2.75) is 6.92 Å². The molecule has 1 aromatic carbocycles. The summed E-state index contributed by atoms with van der Waals surface area (Å²) in [6.45, 7) is 2.55. The lowest BCUT2D eigenvalue weighted by molar-refractivity contribution is 0.0788. The van der Waals surface area contributed by atoms with Crippen LogP contribution >= 0.6 is 23.8 Å². The number of halogens is 1. The van der Waals surface area contributed by atoms with Gasteiger partial charge in [-0.15, -0.1) is 0 Å². The van der Waals surface area contributed by atoms with Gasteiger partial charge >= 0.3 is 0 Å². The van der Waals surface area contributed by atoms with E-state index in [9.17, 15) is 9.90 Å². The summed E-state index contributed by atoms with van der Waals surface area (Å²) in [5.41, 5.74) is 5.80. The number of carbonyl (C=O) groups is 1. The normalized spacial score (nSPS) is 10.0. The van der Waals surface area contributed by atoms with E-state index >= 15 is 0 Å². The van der Waals surface area contributed by atoms with Gasteiger partial charge in [-0.1, -0.05) is 23.8 Å². The van der Waals surface area contributed by atoms with Crippen molar-refractivity contribution in [1.29, 1.82) is 0 Å². The van der Waals surface area contributed by atoms with Crippen molar-refractivity contribution in [2.75, 3.05) is 13.1 Å². The van der Waals surface area contributed by atoms with Gasteiger partial charge in [0, 0.05) is 12.1 Å². The third kappa shape index (κ3) is 3.57. The van der Waals surface area contributed by atoms with Gasteiger partial charge in [0.25, 0.3) is 5.91 Å². The zero-order chi connectivity index (χ0) is 13.0. The molecule has 4 nitrogen and oxygen atoms in total. The Bertz CT molecular complexity index is 451. The number of nitrogens with zero attached hydrogens (tertiary/aromatic N) is 1. The number of benzene rings is 1. The molecule has 0 saturated heterocycles. The lowest BCUT2D eigenvalue weighted by Gasteiger charge is -2.20. The van der Waals surface area contributed by atoms with Gasteiger partial charge in [-0.2, -0.15) is 0 Å². The maximum Gasteiger partial charge on any atom is 0.254 e. The first-order chi connectivity index (χ1) is 7.95. The number of aromatic hydroxyl groups is 1. The average Bonchev–Trinajstić information content (AvgIpc) is 2.28. The Labute approximate surface area is 110 Å². The molecule has 3 N–H and O–H groups in total. The molecule has 0 aromatic heterocycles. The molecular formula is C11H13ClN2O2S. The van der Waals surface area contributed by atoms with Gasteiger partial charge in [0.2, 0.25) is 0 Å².